The fourth-order valence-electron chi connectivity index (χ4n) is 7.51. The van der Waals surface area contributed by atoms with Gasteiger partial charge in [-0.15, -0.1) is 0 Å². The van der Waals surface area contributed by atoms with Crippen LogP contribution in [0.4, 0.5) is 10.1 Å². The predicted octanol–water partition coefficient (Wildman–Crippen LogP) is 7.00. The third-order valence-electron chi connectivity index (χ3n) is 9.71. The lowest BCUT2D eigenvalue weighted by Crippen LogP contribution is -2.60. The number of pyridine rings is 2. The smallest absolute Gasteiger partial charge is 0.261 e. The molecule has 1 saturated heterocycles. The van der Waals surface area contributed by atoms with E-state index in [1.807, 2.05) is 63.8 Å². The number of carbonyl (C=O) groups is 1. The van der Waals surface area contributed by atoms with Crippen LogP contribution in [-0.2, 0) is 11.2 Å². The second-order valence-electron chi connectivity index (χ2n) is 12.9. The van der Waals surface area contributed by atoms with Gasteiger partial charge in [-0.2, -0.15) is 0 Å². The molecule has 0 saturated carbocycles. The molecule has 46 heavy (non-hydrogen) atoms. The van der Waals surface area contributed by atoms with Gasteiger partial charge in [-0.1, -0.05) is 38.1 Å². The molecule has 2 atom stereocenters. The number of fused-ring (bicyclic) bond motifs is 6. The second kappa shape index (κ2) is 11.1. The van der Waals surface area contributed by atoms with Gasteiger partial charge >= 0.3 is 0 Å². The summed E-state index contributed by atoms with van der Waals surface area (Å²) >= 11 is 7.10. The van der Waals surface area contributed by atoms with Crippen LogP contribution in [0, 0.1) is 19.7 Å². The Bertz CT molecular complexity index is 2150. The number of halogens is 2. The van der Waals surface area contributed by atoms with Crippen LogP contribution in [0.25, 0.3) is 38.8 Å². The number of aryl methyl sites for hydroxylation is 2. The first-order valence-electron chi connectivity index (χ1n) is 15.7. The van der Waals surface area contributed by atoms with E-state index in [0.717, 1.165) is 16.6 Å². The van der Waals surface area contributed by atoms with Crippen molar-refractivity contribution in [3.8, 4) is 16.8 Å². The standard InChI is InChI=1S/C36H36ClFN6O2/c1-7-27(45)42-16-22-9-10-23-34(43(22)15-21(42)6)24-14-25(37)29(28-19(4)8-11-26-32(28)41-17-40-26)30(38)35(24)44(36(23)46)33-20(5)12-13-39-31(33)18(2)3/h7-8,11-14,17-18,21-22H,1,9-10,15-16H2,2-6H3,(H,40,41). The molecule has 2 aromatic carbocycles. The number of aromatic amines is 1. The first-order valence-corrected chi connectivity index (χ1v) is 16.1. The number of nitrogens with zero attached hydrogens (tertiary/aromatic N) is 5. The van der Waals surface area contributed by atoms with Crippen molar-refractivity contribution in [3.05, 3.63) is 93.0 Å². The maximum atomic E-state index is 17.7. The van der Waals surface area contributed by atoms with Crippen LogP contribution in [0.3, 0.4) is 0 Å². The number of hydrogen-bond donors (Lipinski definition) is 1. The number of benzene rings is 2. The van der Waals surface area contributed by atoms with Gasteiger partial charge in [0.1, 0.15) is 0 Å². The number of rotatable bonds is 4. The lowest BCUT2D eigenvalue weighted by molar-refractivity contribution is -0.129. The molecule has 0 bridgehead atoms. The molecule has 0 aliphatic carbocycles. The zero-order chi connectivity index (χ0) is 32.6. The summed E-state index contributed by atoms with van der Waals surface area (Å²) in [6, 6.07) is 7.30. The van der Waals surface area contributed by atoms with Crippen molar-refractivity contribution in [3.63, 3.8) is 0 Å². The molecular formula is C36H36ClFN6O2. The number of carbonyl (C=O) groups excluding carboxylic acids is 1. The predicted molar refractivity (Wildman–Crippen MR) is 182 cm³/mol. The van der Waals surface area contributed by atoms with Crippen LogP contribution in [-0.4, -0.2) is 55.5 Å². The first-order chi connectivity index (χ1) is 22.0. The highest BCUT2D eigenvalue weighted by Gasteiger charge is 2.40. The third kappa shape index (κ3) is 4.39. The highest BCUT2D eigenvalue weighted by Crippen LogP contribution is 2.46. The second-order valence-corrected chi connectivity index (χ2v) is 13.3. The zero-order valence-corrected chi connectivity index (χ0v) is 27.4. The summed E-state index contributed by atoms with van der Waals surface area (Å²) in [5.41, 5.74) is 6.28. The third-order valence-corrected chi connectivity index (χ3v) is 10.0. The largest absolute Gasteiger partial charge is 0.364 e. The first kappa shape index (κ1) is 30.2. The van der Waals surface area contributed by atoms with Crippen LogP contribution < -0.4 is 10.5 Å². The molecule has 7 rings (SSSR count). The van der Waals surface area contributed by atoms with Gasteiger partial charge in [0.15, 0.2) is 5.82 Å². The molecule has 0 radical (unpaired) electrons. The van der Waals surface area contributed by atoms with E-state index < -0.39 is 5.82 Å². The minimum atomic E-state index is -0.588. The molecule has 236 valence electrons. The molecule has 10 heteroatoms. The van der Waals surface area contributed by atoms with Crippen LogP contribution in [0.15, 0.2) is 54.2 Å². The van der Waals surface area contributed by atoms with Crippen molar-refractivity contribution < 1.29 is 9.18 Å². The minimum absolute atomic E-state index is 0.0246. The molecule has 0 spiro atoms. The van der Waals surface area contributed by atoms with Gasteiger partial charge in [-0.05, 0) is 74.9 Å². The van der Waals surface area contributed by atoms with Gasteiger partial charge in [0.25, 0.3) is 5.56 Å². The molecule has 1 N–H and O–H groups in total. The average Bonchev–Trinajstić information content (AvgIpc) is 3.51. The Morgan fingerprint density at radius 1 is 1.13 bits per heavy atom. The highest BCUT2D eigenvalue weighted by molar-refractivity contribution is 6.35. The van der Waals surface area contributed by atoms with Crippen molar-refractivity contribution in [2.75, 3.05) is 18.0 Å². The van der Waals surface area contributed by atoms with E-state index in [2.05, 4.69) is 26.4 Å². The quantitative estimate of drug-likeness (QED) is 0.214. The molecule has 2 unspecified atom stereocenters. The van der Waals surface area contributed by atoms with Gasteiger partial charge in [0.05, 0.1) is 45.0 Å². The molecule has 2 aliphatic heterocycles. The number of H-pyrrole nitrogens is 1. The highest BCUT2D eigenvalue weighted by atomic mass is 35.5. The summed E-state index contributed by atoms with van der Waals surface area (Å²) in [4.78, 5) is 43.9. The van der Waals surface area contributed by atoms with Crippen molar-refractivity contribution in [2.45, 2.75) is 65.5 Å². The Balaban J connectivity index is 1.61. The van der Waals surface area contributed by atoms with Gasteiger partial charge in [0.2, 0.25) is 5.91 Å². The van der Waals surface area contributed by atoms with Crippen molar-refractivity contribution in [2.24, 2.45) is 0 Å². The maximum Gasteiger partial charge on any atom is 0.261 e. The van der Waals surface area contributed by atoms with Crippen molar-refractivity contribution in [1.29, 1.82) is 0 Å². The topological polar surface area (TPSA) is 87.1 Å². The summed E-state index contributed by atoms with van der Waals surface area (Å²) in [6.07, 6.45) is 5.82. The van der Waals surface area contributed by atoms with E-state index in [0.29, 0.717) is 65.0 Å². The van der Waals surface area contributed by atoms with Crippen molar-refractivity contribution in [1.82, 2.24) is 24.4 Å². The van der Waals surface area contributed by atoms with E-state index >= 15 is 4.39 Å². The SMILES string of the molecule is C=CC(=O)N1CC2CCc3c(c4cc(Cl)c(-c5c(C)ccc6[nH]cnc56)c(F)c4n(-c4c(C)ccnc4C(C)C)c3=O)N2CC1C. The monoisotopic (exact) mass is 638 g/mol. The van der Waals surface area contributed by atoms with Gasteiger partial charge in [-0.25, -0.2) is 9.37 Å². The molecule has 5 aromatic rings. The Morgan fingerprint density at radius 3 is 2.65 bits per heavy atom. The van der Waals surface area contributed by atoms with Gasteiger partial charge in [0, 0.05) is 53.4 Å². The Kier molecular flexibility index (Phi) is 7.27. The van der Waals surface area contributed by atoms with E-state index in [1.54, 1.807) is 17.1 Å². The molecule has 1 fully saturated rings. The average molecular weight is 639 g/mol. The molecular weight excluding hydrogens is 603 g/mol. The fourth-order valence-corrected chi connectivity index (χ4v) is 7.79. The number of amides is 1. The van der Waals surface area contributed by atoms with Gasteiger partial charge < -0.3 is 14.8 Å². The van der Waals surface area contributed by atoms with E-state index in [9.17, 15) is 9.59 Å². The van der Waals surface area contributed by atoms with Crippen LogP contribution in [0.2, 0.25) is 5.02 Å². The maximum absolute atomic E-state index is 17.7. The van der Waals surface area contributed by atoms with E-state index in [1.165, 1.54) is 6.08 Å². The Labute approximate surface area is 271 Å². The minimum Gasteiger partial charge on any atom is -0.364 e. The normalized spacial score (nSPS) is 17.9. The summed E-state index contributed by atoms with van der Waals surface area (Å²) in [5, 5.41) is 0.796. The number of nitrogens with one attached hydrogen (secondary N) is 1. The summed E-state index contributed by atoms with van der Waals surface area (Å²) < 4.78 is 19.3. The number of imidazole rings is 1. The number of piperazine rings is 1. The van der Waals surface area contributed by atoms with Crippen LogP contribution in [0.1, 0.15) is 55.5 Å². The summed E-state index contributed by atoms with van der Waals surface area (Å²) in [7, 11) is 0. The number of anilines is 1. The fraction of sp³-hybridized carbons (Fsp3) is 0.333. The van der Waals surface area contributed by atoms with E-state index in [-0.39, 0.29) is 45.6 Å². The lowest BCUT2D eigenvalue weighted by Gasteiger charge is -2.49. The number of hydrogen-bond acceptors (Lipinski definition) is 5. The number of aromatic nitrogens is 4. The molecule has 1 amide bonds. The lowest BCUT2D eigenvalue weighted by atomic mass is 9.89. The molecule has 5 heterocycles. The summed E-state index contributed by atoms with van der Waals surface area (Å²) in [6.45, 7) is 14.5. The molecule has 3 aromatic heterocycles. The van der Waals surface area contributed by atoms with E-state index in [4.69, 9.17) is 11.6 Å². The zero-order valence-electron chi connectivity index (χ0n) is 26.6. The Morgan fingerprint density at radius 2 is 1.91 bits per heavy atom. The molecule has 8 nitrogen and oxygen atoms in total. The van der Waals surface area contributed by atoms with Crippen molar-refractivity contribution >= 4 is 45.1 Å². The van der Waals surface area contributed by atoms with Crippen LogP contribution >= 0.6 is 11.6 Å². The van der Waals surface area contributed by atoms with Crippen LogP contribution in [0.5, 0.6) is 0 Å². The molecule has 2 aliphatic rings. The Hall–Kier alpha value is -4.50. The summed E-state index contributed by atoms with van der Waals surface area (Å²) in [5.74, 6) is -0.730. The van der Waals surface area contributed by atoms with Gasteiger partial charge in [-0.3, -0.25) is 19.1 Å².